The van der Waals surface area contributed by atoms with Crippen LogP contribution < -0.4 is 4.74 Å². The van der Waals surface area contributed by atoms with Gasteiger partial charge in [0.05, 0.1) is 12.2 Å². The molecule has 270 valence electrons. The van der Waals surface area contributed by atoms with E-state index in [0.29, 0.717) is 41.3 Å². The highest BCUT2D eigenvalue weighted by atomic mass is 16.5. The first-order valence-corrected chi connectivity index (χ1v) is 18.7. The Balaban J connectivity index is 1.75. The van der Waals surface area contributed by atoms with Crippen LogP contribution in [0.3, 0.4) is 0 Å². The minimum Gasteiger partial charge on any atom is -0.504 e. The van der Waals surface area contributed by atoms with Crippen molar-refractivity contribution in [3.05, 3.63) is 77.9 Å². The average Bonchev–Trinajstić information content (AvgIpc) is 3.03. The number of ether oxygens (including phenoxy) is 1. The van der Waals surface area contributed by atoms with Crippen molar-refractivity contribution in [2.24, 2.45) is 16.7 Å². The van der Waals surface area contributed by atoms with Crippen molar-refractivity contribution in [2.75, 3.05) is 6.61 Å². The number of nitrogens with zero attached hydrogens (tertiary/aromatic N) is 3. The van der Waals surface area contributed by atoms with Crippen LogP contribution in [0, 0.1) is 16.7 Å². The lowest BCUT2D eigenvalue weighted by molar-refractivity contribution is 0.276. The molecule has 1 aromatic heterocycles. The minimum absolute atomic E-state index is 0.0228. The minimum atomic E-state index is 0.0228. The second kappa shape index (κ2) is 15.7. The standard InChI is InChI=1S/C45H63N3O2/c1-13-31(14-2)17-16-28-50-37-19-15-18-36(38(37)49)41-47-39(32-20-24-34(25-21-32)44(9,10)29-42(3,4)5)46-40(48-41)33-22-26-35(27-23-33)45(11,12)30-43(6,7)8/h15,18-27,31,49H,13-14,16-17,28-30H2,1-12H3. The predicted molar refractivity (Wildman–Crippen MR) is 211 cm³/mol. The molecular formula is C45H63N3O2. The third-order valence-corrected chi connectivity index (χ3v) is 9.84. The van der Waals surface area contributed by atoms with Crippen LogP contribution in [0.25, 0.3) is 34.2 Å². The number of phenols is 1. The van der Waals surface area contributed by atoms with Crippen molar-refractivity contribution in [3.63, 3.8) is 0 Å². The van der Waals surface area contributed by atoms with E-state index in [0.717, 1.165) is 36.8 Å². The van der Waals surface area contributed by atoms with Gasteiger partial charge >= 0.3 is 0 Å². The Morgan fingerprint density at radius 2 is 1.04 bits per heavy atom. The highest BCUT2D eigenvalue weighted by Crippen LogP contribution is 2.40. The zero-order valence-electron chi connectivity index (χ0n) is 33.1. The van der Waals surface area contributed by atoms with E-state index >= 15 is 0 Å². The monoisotopic (exact) mass is 677 g/mol. The predicted octanol–water partition coefficient (Wildman–Crippen LogP) is 12.6. The first kappa shape index (κ1) is 39.1. The molecule has 50 heavy (non-hydrogen) atoms. The van der Waals surface area contributed by atoms with Gasteiger partial charge in [-0.05, 0) is 76.5 Å². The number of rotatable bonds is 14. The van der Waals surface area contributed by atoms with E-state index in [1.165, 1.54) is 24.0 Å². The van der Waals surface area contributed by atoms with E-state index in [1.54, 1.807) is 0 Å². The molecule has 0 spiro atoms. The maximum absolute atomic E-state index is 11.5. The molecule has 0 atom stereocenters. The fourth-order valence-electron chi connectivity index (χ4n) is 7.82. The molecule has 1 heterocycles. The smallest absolute Gasteiger partial charge is 0.168 e. The fourth-order valence-corrected chi connectivity index (χ4v) is 7.82. The van der Waals surface area contributed by atoms with Gasteiger partial charge in [-0.15, -0.1) is 0 Å². The van der Waals surface area contributed by atoms with Crippen molar-refractivity contribution < 1.29 is 9.84 Å². The Bertz CT molecular complexity index is 1600. The number of para-hydroxylation sites is 1. The van der Waals surface area contributed by atoms with Crippen molar-refractivity contribution >= 4 is 0 Å². The molecule has 0 aliphatic rings. The van der Waals surface area contributed by atoms with Crippen molar-refractivity contribution in [1.82, 2.24) is 15.0 Å². The summed E-state index contributed by atoms with van der Waals surface area (Å²) >= 11 is 0. The zero-order valence-corrected chi connectivity index (χ0v) is 33.1. The molecule has 4 rings (SSSR count). The van der Waals surface area contributed by atoms with E-state index in [-0.39, 0.29) is 27.4 Å². The van der Waals surface area contributed by atoms with Crippen LogP contribution in [-0.4, -0.2) is 26.7 Å². The molecule has 0 amide bonds. The van der Waals surface area contributed by atoms with Crippen LogP contribution in [0.4, 0.5) is 0 Å². The number of hydrogen-bond donors (Lipinski definition) is 1. The third kappa shape index (κ3) is 10.4. The number of benzene rings is 3. The second-order valence-corrected chi connectivity index (χ2v) is 18.0. The second-order valence-electron chi connectivity index (χ2n) is 18.0. The van der Waals surface area contributed by atoms with E-state index in [1.807, 2.05) is 18.2 Å². The van der Waals surface area contributed by atoms with E-state index < -0.39 is 0 Å². The summed E-state index contributed by atoms with van der Waals surface area (Å²) in [5.41, 5.74) is 5.37. The zero-order chi connectivity index (χ0) is 36.9. The molecule has 0 saturated carbocycles. The molecule has 0 fully saturated rings. The molecule has 4 aromatic rings. The Morgan fingerprint density at radius 1 is 0.600 bits per heavy atom. The molecule has 1 N–H and O–H groups in total. The summed E-state index contributed by atoms with van der Waals surface area (Å²) in [4.78, 5) is 14.9. The van der Waals surface area contributed by atoms with Gasteiger partial charge in [-0.3, -0.25) is 0 Å². The SMILES string of the molecule is CCC(CC)CCCOc1cccc(-c2nc(-c3ccc(C(C)(C)CC(C)(C)C)cc3)nc(-c3ccc(C(C)(C)CC(C)(C)C)cc3)n2)c1O. The molecule has 0 saturated heterocycles. The van der Waals surface area contributed by atoms with Gasteiger partial charge < -0.3 is 9.84 Å². The molecule has 0 bridgehead atoms. The molecule has 0 aliphatic carbocycles. The summed E-state index contributed by atoms with van der Waals surface area (Å²) < 4.78 is 6.11. The van der Waals surface area contributed by atoms with Crippen LogP contribution in [0.1, 0.15) is 133 Å². The van der Waals surface area contributed by atoms with Gasteiger partial charge in [-0.25, -0.2) is 15.0 Å². The normalized spacial score (nSPS) is 12.8. The summed E-state index contributed by atoms with van der Waals surface area (Å²) in [5.74, 6) is 2.76. The largest absolute Gasteiger partial charge is 0.504 e. The van der Waals surface area contributed by atoms with E-state index in [2.05, 4.69) is 132 Å². The maximum atomic E-state index is 11.5. The van der Waals surface area contributed by atoms with Gasteiger partial charge in [-0.1, -0.05) is 151 Å². The van der Waals surface area contributed by atoms with Crippen molar-refractivity contribution in [2.45, 2.75) is 132 Å². The summed E-state index contributed by atoms with van der Waals surface area (Å²) in [6.45, 7) is 28.0. The van der Waals surface area contributed by atoms with Gasteiger partial charge in [0, 0.05) is 11.1 Å². The molecule has 0 unspecified atom stereocenters. The fraction of sp³-hybridized carbons (Fsp3) is 0.533. The van der Waals surface area contributed by atoms with Gasteiger partial charge in [0.2, 0.25) is 0 Å². The van der Waals surface area contributed by atoms with Gasteiger partial charge in [0.15, 0.2) is 29.0 Å². The van der Waals surface area contributed by atoms with Crippen LogP contribution >= 0.6 is 0 Å². The molecule has 0 aliphatic heterocycles. The molecular weight excluding hydrogens is 615 g/mol. The van der Waals surface area contributed by atoms with Crippen LogP contribution in [-0.2, 0) is 10.8 Å². The maximum Gasteiger partial charge on any atom is 0.168 e. The Hall–Kier alpha value is -3.73. The lowest BCUT2D eigenvalue weighted by Gasteiger charge is -2.33. The van der Waals surface area contributed by atoms with Crippen LogP contribution in [0.15, 0.2) is 66.7 Å². The molecule has 0 radical (unpaired) electrons. The lowest BCUT2D eigenvalue weighted by Crippen LogP contribution is -2.24. The summed E-state index contributed by atoms with van der Waals surface area (Å²) in [5, 5.41) is 11.5. The summed E-state index contributed by atoms with van der Waals surface area (Å²) in [7, 11) is 0. The number of hydrogen-bond acceptors (Lipinski definition) is 5. The Kier molecular flexibility index (Phi) is 12.2. The van der Waals surface area contributed by atoms with Gasteiger partial charge in [0.1, 0.15) is 0 Å². The first-order valence-electron chi connectivity index (χ1n) is 18.7. The van der Waals surface area contributed by atoms with Crippen LogP contribution in [0.2, 0.25) is 0 Å². The van der Waals surface area contributed by atoms with Crippen molar-refractivity contribution in [1.29, 1.82) is 0 Å². The summed E-state index contributed by atoms with van der Waals surface area (Å²) in [6, 6.07) is 22.8. The van der Waals surface area contributed by atoms with Crippen LogP contribution in [0.5, 0.6) is 11.5 Å². The van der Waals surface area contributed by atoms with Crippen molar-refractivity contribution in [3.8, 4) is 45.7 Å². The van der Waals surface area contributed by atoms with Gasteiger partial charge in [-0.2, -0.15) is 0 Å². The highest BCUT2D eigenvalue weighted by Gasteiger charge is 2.29. The molecule has 5 nitrogen and oxygen atoms in total. The average molecular weight is 678 g/mol. The third-order valence-electron chi connectivity index (χ3n) is 9.84. The topological polar surface area (TPSA) is 68.1 Å². The van der Waals surface area contributed by atoms with E-state index in [4.69, 9.17) is 19.7 Å². The Labute approximate surface area is 303 Å². The lowest BCUT2D eigenvalue weighted by atomic mass is 9.72. The highest BCUT2D eigenvalue weighted by molar-refractivity contribution is 5.72. The quantitative estimate of drug-likeness (QED) is 0.135. The van der Waals surface area contributed by atoms with Gasteiger partial charge in [0.25, 0.3) is 0 Å². The molecule has 5 heteroatoms. The van der Waals surface area contributed by atoms with E-state index in [9.17, 15) is 5.11 Å². The number of phenolic OH excluding ortho intramolecular Hbond substituents is 1. The molecule has 3 aromatic carbocycles. The first-order chi connectivity index (χ1) is 23.3. The summed E-state index contributed by atoms with van der Waals surface area (Å²) in [6.07, 6.45) is 6.55. The number of aromatic nitrogens is 3. The Morgan fingerprint density at radius 3 is 1.46 bits per heavy atom. The number of aromatic hydroxyl groups is 1.